The summed E-state index contributed by atoms with van der Waals surface area (Å²) in [5, 5.41) is 13.4. The Hall–Kier alpha value is -3.14. The van der Waals surface area contributed by atoms with Crippen molar-refractivity contribution in [3.05, 3.63) is 68.2 Å². The molecule has 1 aliphatic heterocycles. The van der Waals surface area contributed by atoms with Crippen molar-refractivity contribution >= 4 is 28.7 Å². The predicted molar refractivity (Wildman–Crippen MR) is 151 cm³/mol. The Morgan fingerprint density at radius 3 is 2.36 bits per heavy atom. The number of fused-ring (bicyclic) bond motifs is 1. The Morgan fingerprint density at radius 2 is 1.69 bits per heavy atom. The van der Waals surface area contributed by atoms with Crippen LogP contribution in [0.15, 0.2) is 40.1 Å². The van der Waals surface area contributed by atoms with Gasteiger partial charge >= 0.3 is 5.69 Å². The quantitative estimate of drug-likeness (QED) is 0.485. The molecule has 1 saturated heterocycles. The monoisotopic (exact) mass is 554 g/mol. The van der Waals surface area contributed by atoms with Crippen molar-refractivity contribution in [3.63, 3.8) is 0 Å². The summed E-state index contributed by atoms with van der Waals surface area (Å²) in [6.45, 7) is 5.93. The second-order valence-corrected chi connectivity index (χ2v) is 12.9. The molecule has 1 saturated carbocycles. The normalized spacial score (nSPS) is 20.7. The van der Waals surface area contributed by atoms with E-state index < -0.39 is 11.4 Å². The summed E-state index contributed by atoms with van der Waals surface area (Å²) < 4.78 is 17.1. The van der Waals surface area contributed by atoms with Crippen LogP contribution >= 0.6 is 11.8 Å². The zero-order valence-electron chi connectivity index (χ0n) is 22.6. The number of nitrogens with zero attached hydrogens (tertiary/aromatic N) is 3. The first kappa shape index (κ1) is 27.4. The molecular formula is C29H35FN4O4S. The number of carbonyl (C=O) groups is 1. The van der Waals surface area contributed by atoms with Gasteiger partial charge in [0.25, 0.3) is 11.5 Å². The maximum atomic E-state index is 14.1. The third-order valence-electron chi connectivity index (χ3n) is 7.94. The summed E-state index contributed by atoms with van der Waals surface area (Å²) in [5.41, 5.74) is 0.239. The Labute approximate surface area is 230 Å². The van der Waals surface area contributed by atoms with E-state index in [0.717, 1.165) is 30.5 Å². The van der Waals surface area contributed by atoms with Crippen LogP contribution in [0.2, 0.25) is 0 Å². The average molecular weight is 555 g/mol. The highest BCUT2D eigenvalue weighted by atomic mass is 32.2. The molecule has 8 nitrogen and oxygen atoms in total. The van der Waals surface area contributed by atoms with Crippen LogP contribution in [0.1, 0.15) is 87.3 Å². The van der Waals surface area contributed by atoms with Gasteiger partial charge in [-0.1, -0.05) is 20.8 Å². The first-order chi connectivity index (χ1) is 18.5. The summed E-state index contributed by atoms with van der Waals surface area (Å²) in [7, 11) is 0. The van der Waals surface area contributed by atoms with Gasteiger partial charge < -0.3 is 10.4 Å². The molecule has 0 bridgehead atoms. The number of hydrogen-bond acceptors (Lipinski definition) is 6. The molecule has 2 fully saturated rings. The van der Waals surface area contributed by atoms with Crippen LogP contribution in [0.25, 0.3) is 11.0 Å². The lowest BCUT2D eigenvalue weighted by molar-refractivity contribution is 0.0921. The minimum Gasteiger partial charge on any atom is -0.508 e. The Balaban J connectivity index is 1.38. The first-order valence-corrected chi connectivity index (χ1v) is 14.7. The predicted octanol–water partition coefficient (Wildman–Crippen LogP) is 4.68. The molecule has 2 aromatic heterocycles. The molecule has 0 radical (unpaired) electrons. The van der Waals surface area contributed by atoms with E-state index in [4.69, 9.17) is 0 Å². The number of phenolic OH excluding ortho intramolecular Hbond substituents is 1. The number of rotatable bonds is 4. The number of halogens is 1. The van der Waals surface area contributed by atoms with E-state index in [1.54, 1.807) is 22.8 Å². The van der Waals surface area contributed by atoms with Crippen molar-refractivity contribution in [2.75, 3.05) is 11.5 Å². The van der Waals surface area contributed by atoms with Crippen LogP contribution in [-0.2, 0) is 5.41 Å². The number of pyridine rings is 1. The molecule has 0 spiro atoms. The fraction of sp³-hybridized carbons (Fsp3) is 0.517. The largest absolute Gasteiger partial charge is 0.508 e. The maximum Gasteiger partial charge on any atom is 0.333 e. The van der Waals surface area contributed by atoms with Gasteiger partial charge in [-0.25, -0.2) is 14.2 Å². The lowest BCUT2D eigenvalue weighted by Gasteiger charge is -2.31. The smallest absolute Gasteiger partial charge is 0.333 e. The molecule has 10 heteroatoms. The highest BCUT2D eigenvalue weighted by molar-refractivity contribution is 7.99. The maximum absolute atomic E-state index is 14.1. The van der Waals surface area contributed by atoms with Gasteiger partial charge in [0, 0.05) is 29.3 Å². The topological polar surface area (TPSA) is 106 Å². The molecule has 2 N–H and O–H groups in total. The highest BCUT2D eigenvalue weighted by Gasteiger charge is 2.30. The summed E-state index contributed by atoms with van der Waals surface area (Å²) in [5.74, 6) is 1.18. The van der Waals surface area contributed by atoms with Gasteiger partial charge in [-0.3, -0.25) is 18.7 Å². The number of aromatic nitrogens is 3. The molecule has 39 heavy (non-hydrogen) atoms. The number of hydrogen-bond donors (Lipinski definition) is 2. The van der Waals surface area contributed by atoms with Gasteiger partial charge in [-0.2, -0.15) is 11.8 Å². The fourth-order valence-electron chi connectivity index (χ4n) is 5.82. The third-order valence-corrected chi connectivity index (χ3v) is 8.99. The number of aromatic hydroxyl groups is 1. The van der Waals surface area contributed by atoms with E-state index in [9.17, 15) is 23.9 Å². The van der Waals surface area contributed by atoms with Gasteiger partial charge in [0.05, 0.1) is 11.6 Å². The van der Waals surface area contributed by atoms with Gasteiger partial charge in [-0.05, 0) is 79.7 Å². The molecule has 1 aliphatic carbocycles. The van der Waals surface area contributed by atoms with Gasteiger partial charge in [0.15, 0.2) is 0 Å². The van der Waals surface area contributed by atoms with Crippen molar-refractivity contribution in [3.8, 4) is 5.75 Å². The molecule has 0 unspecified atom stereocenters. The fourth-order valence-corrected chi connectivity index (χ4v) is 6.91. The standard InChI is InChI=1S/C29H35FN4O4S/c1-29(2,3)23-14-17(4-9-24(23)35)26(36)32-19-5-7-20(8-6-19)34-27(37)22-15-18(30)16-31-25(22)33(28(34)38)21-10-12-39-13-11-21/h4,9,14-16,19-21,35H,5-8,10-13H2,1-3H3,(H,32,36). The SMILES string of the molecule is CC(C)(C)c1cc(C(=O)NC2CCC(n3c(=O)c4cc(F)cnc4n(C4CCSCC4)c3=O)CC2)ccc1O. The Kier molecular flexibility index (Phi) is 7.59. The molecule has 3 heterocycles. The Morgan fingerprint density at radius 1 is 1.03 bits per heavy atom. The van der Waals surface area contributed by atoms with E-state index in [0.29, 0.717) is 36.8 Å². The molecule has 2 aliphatic rings. The van der Waals surface area contributed by atoms with Crippen LogP contribution in [0, 0.1) is 5.82 Å². The molecule has 1 amide bonds. The molecule has 0 atom stereocenters. The van der Waals surface area contributed by atoms with Crippen molar-refractivity contribution in [1.29, 1.82) is 0 Å². The second-order valence-electron chi connectivity index (χ2n) is 11.7. The Bertz CT molecular complexity index is 1510. The van der Waals surface area contributed by atoms with Crippen molar-refractivity contribution in [1.82, 2.24) is 19.4 Å². The molecule has 3 aromatic rings. The van der Waals surface area contributed by atoms with E-state index in [-0.39, 0.29) is 51.9 Å². The number of thioether (sulfide) groups is 1. The highest BCUT2D eigenvalue weighted by Crippen LogP contribution is 2.32. The minimum atomic E-state index is -0.606. The number of benzene rings is 1. The van der Waals surface area contributed by atoms with Crippen LogP contribution in [-0.4, -0.2) is 42.7 Å². The summed E-state index contributed by atoms with van der Waals surface area (Å²) >= 11 is 1.84. The van der Waals surface area contributed by atoms with E-state index in [1.807, 2.05) is 32.5 Å². The zero-order chi connectivity index (χ0) is 27.9. The molecule has 1 aromatic carbocycles. The molecular weight excluding hydrogens is 519 g/mol. The van der Waals surface area contributed by atoms with Crippen molar-refractivity contribution < 1.29 is 14.3 Å². The summed E-state index contributed by atoms with van der Waals surface area (Å²) in [6, 6.07) is 5.55. The molecule has 5 rings (SSSR count). The lowest BCUT2D eigenvalue weighted by Crippen LogP contribution is -2.46. The van der Waals surface area contributed by atoms with Crippen LogP contribution < -0.4 is 16.6 Å². The number of nitrogens with one attached hydrogen (secondary N) is 1. The van der Waals surface area contributed by atoms with Crippen LogP contribution in [0.4, 0.5) is 4.39 Å². The van der Waals surface area contributed by atoms with Gasteiger partial charge in [-0.15, -0.1) is 0 Å². The van der Waals surface area contributed by atoms with Gasteiger partial charge in [0.2, 0.25) is 0 Å². The van der Waals surface area contributed by atoms with Crippen molar-refractivity contribution in [2.45, 2.75) is 82.8 Å². The van der Waals surface area contributed by atoms with E-state index in [1.165, 1.54) is 10.6 Å². The second kappa shape index (κ2) is 10.8. The third kappa shape index (κ3) is 5.48. The lowest BCUT2D eigenvalue weighted by atomic mass is 9.85. The average Bonchev–Trinajstić information content (AvgIpc) is 2.90. The van der Waals surface area contributed by atoms with E-state index in [2.05, 4.69) is 10.3 Å². The van der Waals surface area contributed by atoms with Crippen molar-refractivity contribution in [2.24, 2.45) is 0 Å². The molecule has 208 valence electrons. The number of phenols is 1. The zero-order valence-corrected chi connectivity index (χ0v) is 23.4. The van der Waals surface area contributed by atoms with Gasteiger partial charge in [0.1, 0.15) is 17.2 Å². The summed E-state index contributed by atoms with van der Waals surface area (Å²) in [4.78, 5) is 44.4. The van der Waals surface area contributed by atoms with E-state index >= 15 is 0 Å². The first-order valence-electron chi connectivity index (χ1n) is 13.6. The number of amides is 1. The summed E-state index contributed by atoms with van der Waals surface area (Å²) in [6.07, 6.45) is 4.94. The number of carbonyl (C=O) groups excluding carboxylic acids is 1. The van der Waals surface area contributed by atoms with Crippen LogP contribution in [0.3, 0.4) is 0 Å². The minimum absolute atomic E-state index is 0.0787. The van der Waals surface area contributed by atoms with Crippen LogP contribution in [0.5, 0.6) is 5.75 Å².